The Morgan fingerprint density at radius 2 is 0.816 bits per heavy atom. The van der Waals surface area contributed by atoms with E-state index in [-0.39, 0.29) is 0 Å². The Morgan fingerprint density at radius 1 is 0.327 bits per heavy atom. The molecule has 0 radical (unpaired) electrons. The molecule has 0 spiro atoms. The van der Waals surface area contributed by atoms with E-state index in [1.165, 1.54) is 10.1 Å². The van der Waals surface area contributed by atoms with E-state index >= 15 is 0 Å². The third-order valence-electron chi connectivity index (χ3n) is 8.56. The number of rotatable bonds is 6. The van der Waals surface area contributed by atoms with Crippen LogP contribution in [0.5, 0.6) is 0 Å². The number of hydrogen-bond donors (Lipinski definition) is 0. The molecule has 0 aliphatic carbocycles. The maximum absolute atomic E-state index is 5.08. The van der Waals surface area contributed by atoms with Gasteiger partial charge in [-0.2, -0.15) is 0 Å². The van der Waals surface area contributed by atoms with E-state index in [0.717, 1.165) is 54.9 Å². The molecular weight excluding hydrogens is 619 g/mol. The number of nitrogens with zero attached hydrogens (tertiary/aromatic N) is 5. The summed E-state index contributed by atoms with van der Waals surface area (Å²) in [4.78, 5) is 25.0. The minimum atomic E-state index is 0.650. The maximum Gasteiger partial charge on any atom is 0.165 e. The molecular formula is C43H27N5S. The van der Waals surface area contributed by atoms with E-state index in [9.17, 15) is 0 Å². The van der Waals surface area contributed by atoms with Gasteiger partial charge in [0.2, 0.25) is 0 Å². The Bertz CT molecular complexity index is 2470. The molecule has 0 saturated heterocycles. The molecule has 0 amide bonds. The first-order chi connectivity index (χ1) is 24.3. The fraction of sp³-hybridized carbons (Fsp3) is 0. The largest absolute Gasteiger partial charge is 0.228 e. The van der Waals surface area contributed by atoms with Crippen molar-refractivity contribution >= 4 is 31.5 Å². The number of thiophene rings is 1. The van der Waals surface area contributed by atoms with Gasteiger partial charge in [-0.3, -0.25) is 0 Å². The highest BCUT2D eigenvalue weighted by Crippen LogP contribution is 2.41. The molecule has 0 saturated carbocycles. The molecule has 0 N–H and O–H groups in total. The predicted octanol–water partition coefficient (Wildman–Crippen LogP) is 11.0. The first-order valence-corrected chi connectivity index (χ1v) is 16.9. The van der Waals surface area contributed by atoms with Crippen LogP contribution < -0.4 is 0 Å². The molecule has 0 aliphatic rings. The quantitative estimate of drug-likeness (QED) is 0.180. The van der Waals surface area contributed by atoms with Gasteiger partial charge in [0.05, 0.1) is 11.4 Å². The van der Waals surface area contributed by atoms with E-state index in [0.29, 0.717) is 23.3 Å². The van der Waals surface area contributed by atoms with Gasteiger partial charge in [-0.1, -0.05) is 140 Å². The lowest BCUT2D eigenvalue weighted by atomic mass is 10.0. The van der Waals surface area contributed by atoms with Gasteiger partial charge in [-0.05, 0) is 24.3 Å². The summed E-state index contributed by atoms with van der Waals surface area (Å²) in [6, 6.07) is 55.7. The van der Waals surface area contributed by atoms with Crippen LogP contribution in [-0.2, 0) is 0 Å². The Hall–Kier alpha value is -6.37. The summed E-state index contributed by atoms with van der Waals surface area (Å²) in [5.41, 5.74) is 7.72. The predicted molar refractivity (Wildman–Crippen MR) is 201 cm³/mol. The van der Waals surface area contributed by atoms with Crippen LogP contribution in [0.15, 0.2) is 164 Å². The molecule has 0 atom stereocenters. The van der Waals surface area contributed by atoms with Crippen molar-refractivity contribution in [2.45, 2.75) is 0 Å². The minimum absolute atomic E-state index is 0.650. The molecule has 3 aromatic heterocycles. The molecule has 49 heavy (non-hydrogen) atoms. The fourth-order valence-electron chi connectivity index (χ4n) is 6.13. The van der Waals surface area contributed by atoms with Crippen molar-refractivity contribution in [3.8, 4) is 68.1 Å². The summed E-state index contributed by atoms with van der Waals surface area (Å²) in [5.74, 6) is 2.66. The van der Waals surface area contributed by atoms with Crippen LogP contribution in [0.2, 0.25) is 0 Å². The van der Waals surface area contributed by atoms with Crippen LogP contribution in [0.1, 0.15) is 0 Å². The molecule has 6 heteroatoms. The molecule has 9 rings (SSSR count). The molecule has 230 valence electrons. The third-order valence-corrected chi connectivity index (χ3v) is 9.78. The molecule has 9 aromatic rings. The molecule has 0 unspecified atom stereocenters. The van der Waals surface area contributed by atoms with E-state index in [1.54, 1.807) is 11.3 Å². The van der Waals surface area contributed by atoms with Gasteiger partial charge in [0, 0.05) is 53.6 Å². The summed E-state index contributed by atoms with van der Waals surface area (Å²) in [6.07, 6.45) is 0. The summed E-state index contributed by atoms with van der Waals surface area (Å²) in [7, 11) is 0. The van der Waals surface area contributed by atoms with Crippen molar-refractivity contribution in [2.75, 3.05) is 0 Å². The molecule has 6 aromatic carbocycles. The molecule has 0 bridgehead atoms. The fourth-order valence-corrected chi connectivity index (χ4v) is 7.32. The lowest BCUT2D eigenvalue weighted by Crippen LogP contribution is -2.00. The number of aromatic nitrogens is 5. The van der Waals surface area contributed by atoms with Gasteiger partial charge < -0.3 is 0 Å². The van der Waals surface area contributed by atoms with Crippen molar-refractivity contribution in [1.29, 1.82) is 0 Å². The zero-order valence-corrected chi connectivity index (χ0v) is 27.0. The first kappa shape index (κ1) is 28.8. The van der Waals surface area contributed by atoms with E-state index in [2.05, 4.69) is 66.7 Å². The highest BCUT2D eigenvalue weighted by Gasteiger charge is 2.18. The molecule has 3 heterocycles. The van der Waals surface area contributed by atoms with Crippen LogP contribution in [-0.4, -0.2) is 24.9 Å². The SMILES string of the molecule is c1ccc(-c2cc(-c3ccc4sc5c(-c6nc(-c7ccccc7)nc(-c7ccccc7)n6)cccc5c4c3)nc(-c3ccccc3)n2)cc1. The Morgan fingerprint density at radius 3 is 1.39 bits per heavy atom. The van der Waals surface area contributed by atoms with Gasteiger partial charge in [0.25, 0.3) is 0 Å². The number of hydrogen-bond acceptors (Lipinski definition) is 6. The monoisotopic (exact) mass is 645 g/mol. The Labute approximate surface area is 287 Å². The standard InChI is InChI=1S/C43H27N5S/c1-5-14-28(15-6-1)36-27-37(45-40(44-36)29-16-7-2-8-17-29)32-24-25-38-35(26-32)33-22-13-23-34(39(33)49-38)43-47-41(30-18-9-3-10-19-30)46-42(48-43)31-20-11-4-12-21-31/h1-27H. The smallest absolute Gasteiger partial charge is 0.165 e. The lowest BCUT2D eigenvalue weighted by Gasteiger charge is -2.10. The van der Waals surface area contributed by atoms with Crippen LogP contribution in [0.25, 0.3) is 88.2 Å². The Kier molecular flexibility index (Phi) is 7.26. The van der Waals surface area contributed by atoms with E-state index < -0.39 is 0 Å². The third kappa shape index (κ3) is 5.54. The van der Waals surface area contributed by atoms with E-state index in [1.807, 2.05) is 97.1 Å². The highest BCUT2D eigenvalue weighted by atomic mass is 32.1. The van der Waals surface area contributed by atoms with Gasteiger partial charge >= 0.3 is 0 Å². The lowest BCUT2D eigenvalue weighted by molar-refractivity contribution is 1.08. The topological polar surface area (TPSA) is 64.5 Å². The Balaban J connectivity index is 1.20. The number of fused-ring (bicyclic) bond motifs is 3. The normalized spacial score (nSPS) is 11.3. The summed E-state index contributed by atoms with van der Waals surface area (Å²) < 4.78 is 2.32. The van der Waals surface area contributed by atoms with Gasteiger partial charge in [-0.25, -0.2) is 24.9 Å². The van der Waals surface area contributed by atoms with Gasteiger partial charge in [0.15, 0.2) is 23.3 Å². The maximum atomic E-state index is 5.08. The molecule has 0 fully saturated rings. The van der Waals surface area contributed by atoms with Crippen molar-refractivity contribution in [3.05, 3.63) is 164 Å². The minimum Gasteiger partial charge on any atom is -0.228 e. The zero-order valence-electron chi connectivity index (χ0n) is 26.2. The summed E-state index contributed by atoms with van der Waals surface area (Å²) in [5, 5.41) is 2.32. The average molecular weight is 646 g/mol. The molecule has 5 nitrogen and oxygen atoms in total. The van der Waals surface area contributed by atoms with Crippen LogP contribution in [0.4, 0.5) is 0 Å². The zero-order chi connectivity index (χ0) is 32.6. The second-order valence-corrected chi connectivity index (χ2v) is 12.8. The van der Waals surface area contributed by atoms with Crippen LogP contribution in [0.3, 0.4) is 0 Å². The van der Waals surface area contributed by atoms with E-state index in [4.69, 9.17) is 24.9 Å². The second-order valence-electron chi connectivity index (χ2n) is 11.7. The summed E-state index contributed by atoms with van der Waals surface area (Å²) in [6.45, 7) is 0. The number of benzene rings is 6. The van der Waals surface area contributed by atoms with Crippen molar-refractivity contribution in [2.24, 2.45) is 0 Å². The van der Waals surface area contributed by atoms with Crippen LogP contribution >= 0.6 is 11.3 Å². The van der Waals surface area contributed by atoms with Crippen molar-refractivity contribution in [3.63, 3.8) is 0 Å². The van der Waals surface area contributed by atoms with Gasteiger partial charge in [-0.15, -0.1) is 11.3 Å². The molecule has 0 aliphatic heterocycles. The van der Waals surface area contributed by atoms with Crippen LogP contribution in [0, 0.1) is 0 Å². The average Bonchev–Trinajstić information content (AvgIpc) is 3.57. The highest BCUT2D eigenvalue weighted by molar-refractivity contribution is 7.26. The van der Waals surface area contributed by atoms with Crippen molar-refractivity contribution in [1.82, 2.24) is 24.9 Å². The summed E-state index contributed by atoms with van der Waals surface area (Å²) >= 11 is 1.76. The van der Waals surface area contributed by atoms with Gasteiger partial charge in [0.1, 0.15) is 0 Å². The second kappa shape index (κ2) is 12.3. The van der Waals surface area contributed by atoms with Crippen molar-refractivity contribution < 1.29 is 0 Å². The first-order valence-electron chi connectivity index (χ1n) is 16.1.